The molecule has 5 fully saturated rings. The van der Waals surface area contributed by atoms with Crippen molar-refractivity contribution in [2.45, 2.75) is 90.3 Å². The third-order valence-corrected chi connectivity index (χ3v) is 7.29. The molecule has 5 rings (SSSR count). The van der Waals surface area contributed by atoms with Gasteiger partial charge >= 0.3 is 0 Å². The van der Waals surface area contributed by atoms with E-state index in [9.17, 15) is 0 Å². The van der Waals surface area contributed by atoms with E-state index < -0.39 is 0 Å². The molecule has 2 heteroatoms. The quantitative estimate of drug-likeness (QED) is 0.832. The molecule has 0 aromatic heterocycles. The summed E-state index contributed by atoms with van der Waals surface area (Å²) in [5, 5.41) is 3.72. The van der Waals surface area contributed by atoms with Crippen LogP contribution in [0.15, 0.2) is 0 Å². The zero-order chi connectivity index (χ0) is 14.9. The summed E-state index contributed by atoms with van der Waals surface area (Å²) in [6.45, 7) is 12.5. The summed E-state index contributed by atoms with van der Waals surface area (Å²) in [7, 11) is 0. The van der Waals surface area contributed by atoms with Gasteiger partial charge in [-0.25, -0.2) is 0 Å². The Balaban J connectivity index is 1.69. The van der Waals surface area contributed by atoms with Crippen molar-refractivity contribution in [2.75, 3.05) is 13.1 Å². The molecule has 0 aromatic rings. The molecule has 4 atom stereocenters. The van der Waals surface area contributed by atoms with Crippen LogP contribution >= 0.6 is 0 Å². The Morgan fingerprint density at radius 2 is 1.71 bits per heavy atom. The lowest BCUT2D eigenvalue weighted by Gasteiger charge is -2.69. The van der Waals surface area contributed by atoms with E-state index in [1.165, 1.54) is 58.0 Å². The maximum absolute atomic E-state index is 3.72. The Morgan fingerprint density at radius 3 is 2.29 bits per heavy atom. The van der Waals surface area contributed by atoms with E-state index in [1.807, 2.05) is 0 Å². The molecule has 0 spiro atoms. The van der Waals surface area contributed by atoms with E-state index in [2.05, 4.69) is 37.9 Å². The third kappa shape index (κ3) is 2.20. The van der Waals surface area contributed by atoms with Gasteiger partial charge < -0.3 is 5.32 Å². The first-order valence-corrected chi connectivity index (χ1v) is 9.36. The highest BCUT2D eigenvalue weighted by molar-refractivity contribution is 5.16. The molecular weight excluding hydrogens is 256 g/mol. The molecule has 0 amide bonds. The summed E-state index contributed by atoms with van der Waals surface area (Å²) in [6, 6.07) is 1.44. The highest BCUT2D eigenvalue weighted by atomic mass is 15.3. The second-order valence-corrected chi connectivity index (χ2v) is 9.88. The van der Waals surface area contributed by atoms with Gasteiger partial charge in [0.05, 0.1) is 0 Å². The van der Waals surface area contributed by atoms with Crippen LogP contribution in [0.5, 0.6) is 0 Å². The molecule has 21 heavy (non-hydrogen) atoms. The van der Waals surface area contributed by atoms with E-state index in [0.29, 0.717) is 22.4 Å². The topological polar surface area (TPSA) is 15.3 Å². The number of hydrogen-bond donors (Lipinski definition) is 1. The van der Waals surface area contributed by atoms with Crippen LogP contribution in [0.2, 0.25) is 0 Å². The van der Waals surface area contributed by atoms with Crippen molar-refractivity contribution < 1.29 is 0 Å². The van der Waals surface area contributed by atoms with Gasteiger partial charge in [0.25, 0.3) is 0 Å². The minimum atomic E-state index is 0.542. The zero-order valence-electron chi connectivity index (χ0n) is 14.5. The molecule has 1 aliphatic heterocycles. The molecule has 0 aromatic carbocycles. The zero-order valence-corrected chi connectivity index (χ0v) is 14.5. The van der Waals surface area contributed by atoms with Crippen LogP contribution in [0.3, 0.4) is 0 Å². The maximum Gasteiger partial charge on any atom is 0.0226 e. The standard InChI is InChI=1S/C19H34N2/c1-5-16-9-20-14(2)10-21(16)19-8-15-6-17(3,12-19)11-18(4,7-15)13-19/h14-16,20H,5-13H2,1-4H3. The Kier molecular flexibility index (Phi) is 3.09. The van der Waals surface area contributed by atoms with Crippen LogP contribution < -0.4 is 5.32 Å². The maximum atomic E-state index is 3.72. The third-order valence-electron chi connectivity index (χ3n) is 7.29. The van der Waals surface area contributed by atoms with Crippen molar-refractivity contribution in [3.05, 3.63) is 0 Å². The van der Waals surface area contributed by atoms with Crippen LogP contribution in [0.4, 0.5) is 0 Å². The van der Waals surface area contributed by atoms with Gasteiger partial charge in [-0.1, -0.05) is 20.8 Å². The van der Waals surface area contributed by atoms with Crippen LogP contribution in [0, 0.1) is 16.7 Å². The summed E-state index contributed by atoms with van der Waals surface area (Å²) in [5.74, 6) is 1.01. The highest BCUT2D eigenvalue weighted by Crippen LogP contribution is 2.68. The van der Waals surface area contributed by atoms with Crippen LogP contribution in [-0.2, 0) is 0 Å². The normalized spacial score (nSPS) is 56.9. The molecule has 1 heterocycles. The van der Waals surface area contributed by atoms with Crippen LogP contribution in [0.1, 0.15) is 72.6 Å². The number of piperazine rings is 1. The van der Waals surface area contributed by atoms with Gasteiger partial charge in [-0.15, -0.1) is 0 Å². The SMILES string of the molecule is CCC1CNC(C)CN1C12CC3CC(C)(CC(C)(C3)C1)C2. The molecule has 5 aliphatic rings. The van der Waals surface area contributed by atoms with Crippen LogP contribution in [0.25, 0.3) is 0 Å². The molecule has 2 nitrogen and oxygen atoms in total. The molecule has 1 saturated heterocycles. The van der Waals surface area contributed by atoms with Crippen molar-refractivity contribution in [3.8, 4) is 0 Å². The first kappa shape index (κ1) is 14.5. The lowest BCUT2D eigenvalue weighted by molar-refractivity contribution is -0.176. The van der Waals surface area contributed by atoms with E-state index >= 15 is 0 Å². The van der Waals surface area contributed by atoms with Gasteiger partial charge in [-0.05, 0) is 68.6 Å². The van der Waals surface area contributed by atoms with Gasteiger partial charge in [-0.2, -0.15) is 0 Å². The minimum Gasteiger partial charge on any atom is -0.311 e. The van der Waals surface area contributed by atoms with E-state index in [-0.39, 0.29) is 0 Å². The second kappa shape index (κ2) is 4.47. The van der Waals surface area contributed by atoms with Gasteiger partial charge in [0.2, 0.25) is 0 Å². The second-order valence-electron chi connectivity index (χ2n) is 9.88. The molecule has 4 unspecified atom stereocenters. The number of hydrogen-bond acceptors (Lipinski definition) is 2. The largest absolute Gasteiger partial charge is 0.311 e. The predicted octanol–water partition coefficient (Wildman–Crippen LogP) is 3.81. The van der Waals surface area contributed by atoms with Crippen LogP contribution in [-0.4, -0.2) is 35.6 Å². The monoisotopic (exact) mass is 290 g/mol. The Labute approximate surface area is 131 Å². The molecule has 4 aliphatic carbocycles. The number of nitrogens with zero attached hydrogens (tertiary/aromatic N) is 1. The fraction of sp³-hybridized carbons (Fsp3) is 1.00. The van der Waals surface area contributed by atoms with Crippen molar-refractivity contribution >= 4 is 0 Å². The van der Waals surface area contributed by atoms with Crippen molar-refractivity contribution in [1.82, 2.24) is 10.2 Å². The van der Waals surface area contributed by atoms with Crippen molar-refractivity contribution in [2.24, 2.45) is 16.7 Å². The lowest BCUT2D eigenvalue weighted by Crippen LogP contribution is -2.71. The summed E-state index contributed by atoms with van der Waals surface area (Å²) >= 11 is 0. The van der Waals surface area contributed by atoms with Gasteiger partial charge in [-0.3, -0.25) is 4.90 Å². The molecule has 0 radical (unpaired) electrons. The molecular formula is C19H34N2. The lowest BCUT2D eigenvalue weighted by atomic mass is 9.42. The fourth-order valence-electron chi connectivity index (χ4n) is 7.61. The van der Waals surface area contributed by atoms with Gasteiger partial charge in [0.15, 0.2) is 0 Å². The highest BCUT2D eigenvalue weighted by Gasteiger charge is 2.62. The van der Waals surface area contributed by atoms with Crippen molar-refractivity contribution in [3.63, 3.8) is 0 Å². The summed E-state index contributed by atoms with van der Waals surface area (Å²) < 4.78 is 0. The molecule has 4 bridgehead atoms. The Hall–Kier alpha value is -0.0800. The molecule has 120 valence electrons. The average molecular weight is 290 g/mol. The average Bonchev–Trinajstić information content (AvgIpc) is 2.34. The summed E-state index contributed by atoms with van der Waals surface area (Å²) in [4.78, 5) is 3.00. The van der Waals surface area contributed by atoms with Gasteiger partial charge in [0, 0.05) is 30.7 Å². The predicted molar refractivity (Wildman–Crippen MR) is 88.4 cm³/mol. The minimum absolute atomic E-state index is 0.542. The summed E-state index contributed by atoms with van der Waals surface area (Å²) in [6.07, 6.45) is 10.3. The smallest absolute Gasteiger partial charge is 0.0226 e. The van der Waals surface area contributed by atoms with E-state index in [0.717, 1.165) is 12.0 Å². The Morgan fingerprint density at radius 1 is 1.05 bits per heavy atom. The van der Waals surface area contributed by atoms with Gasteiger partial charge in [0.1, 0.15) is 0 Å². The van der Waals surface area contributed by atoms with E-state index in [1.54, 1.807) is 0 Å². The fourth-order valence-corrected chi connectivity index (χ4v) is 7.61. The Bertz CT molecular complexity index is 413. The molecule has 1 N–H and O–H groups in total. The first-order valence-electron chi connectivity index (χ1n) is 9.36. The summed E-state index contributed by atoms with van der Waals surface area (Å²) in [5.41, 5.74) is 1.82. The van der Waals surface area contributed by atoms with Crippen molar-refractivity contribution in [1.29, 1.82) is 0 Å². The number of rotatable bonds is 2. The number of nitrogens with one attached hydrogen (secondary N) is 1. The first-order chi connectivity index (χ1) is 9.85. The van der Waals surface area contributed by atoms with E-state index in [4.69, 9.17) is 0 Å². The molecule has 4 saturated carbocycles.